The summed E-state index contributed by atoms with van der Waals surface area (Å²) >= 11 is 7.29. The summed E-state index contributed by atoms with van der Waals surface area (Å²) in [6.45, 7) is 2.80. The molecule has 4 rings (SSSR count). The predicted molar refractivity (Wildman–Crippen MR) is 144 cm³/mol. The zero-order valence-electron chi connectivity index (χ0n) is 19.9. The molecular weight excluding hydrogens is 498 g/mol. The Kier molecular flexibility index (Phi) is 8.51. The molecule has 0 aromatic heterocycles. The van der Waals surface area contributed by atoms with Crippen LogP contribution in [-0.4, -0.2) is 40.8 Å². The Hall–Kier alpha value is -3.49. The first-order valence-corrected chi connectivity index (χ1v) is 12.7. The molecule has 1 fully saturated rings. The van der Waals surface area contributed by atoms with E-state index in [0.717, 1.165) is 11.3 Å². The van der Waals surface area contributed by atoms with E-state index >= 15 is 0 Å². The summed E-state index contributed by atoms with van der Waals surface area (Å²) in [6, 6.07) is 21.7. The average molecular weight is 524 g/mol. The maximum Gasteiger partial charge on any atom is 0.238 e. The monoisotopic (exact) mass is 523 g/mol. The fourth-order valence-electron chi connectivity index (χ4n) is 3.56. The van der Waals surface area contributed by atoms with Crippen LogP contribution in [0.25, 0.3) is 0 Å². The van der Waals surface area contributed by atoms with Crippen molar-refractivity contribution < 1.29 is 19.1 Å². The van der Waals surface area contributed by atoms with Gasteiger partial charge in [0.25, 0.3) is 0 Å². The second-order valence-corrected chi connectivity index (χ2v) is 9.56. The van der Waals surface area contributed by atoms with E-state index in [2.05, 4.69) is 5.32 Å². The Balaban J connectivity index is 1.55. The molecule has 3 aromatic rings. The molecule has 1 N–H and O–H groups in total. The van der Waals surface area contributed by atoms with Crippen LogP contribution in [0.3, 0.4) is 0 Å². The van der Waals surface area contributed by atoms with Crippen molar-refractivity contribution in [1.29, 1.82) is 0 Å². The molecule has 1 unspecified atom stereocenters. The van der Waals surface area contributed by atoms with Gasteiger partial charge in [0.15, 0.2) is 5.17 Å². The number of amidine groups is 1. The molecule has 0 bridgehead atoms. The molecule has 1 heterocycles. The number of nitrogens with zero attached hydrogens (tertiary/aromatic N) is 2. The SMILES string of the molecule is CCOc1ccc(NC(=O)C2CC(=O)N(Cc3ccc(Cl)cc3)C(=Nc3ccc(OC)cc3)S2)cc1. The van der Waals surface area contributed by atoms with Crippen molar-refractivity contribution in [1.82, 2.24) is 4.90 Å². The average Bonchev–Trinajstić information content (AvgIpc) is 2.89. The van der Waals surface area contributed by atoms with Gasteiger partial charge in [-0.05, 0) is 73.2 Å². The van der Waals surface area contributed by atoms with Crippen molar-refractivity contribution in [2.45, 2.75) is 25.1 Å². The van der Waals surface area contributed by atoms with Crippen molar-refractivity contribution in [3.8, 4) is 11.5 Å². The van der Waals surface area contributed by atoms with Gasteiger partial charge in [0.1, 0.15) is 16.7 Å². The Bertz CT molecular complexity index is 1230. The highest BCUT2D eigenvalue weighted by Gasteiger charge is 2.36. The number of nitrogens with one attached hydrogen (secondary N) is 1. The molecule has 0 aliphatic carbocycles. The molecule has 2 amide bonds. The quantitative estimate of drug-likeness (QED) is 0.397. The number of rotatable bonds is 8. The molecule has 1 saturated heterocycles. The molecule has 36 heavy (non-hydrogen) atoms. The smallest absolute Gasteiger partial charge is 0.238 e. The Morgan fingerprint density at radius 3 is 2.36 bits per heavy atom. The van der Waals surface area contributed by atoms with Crippen molar-refractivity contribution in [2.24, 2.45) is 4.99 Å². The Labute approximate surface area is 219 Å². The van der Waals surface area contributed by atoms with Crippen molar-refractivity contribution >= 4 is 51.7 Å². The number of aliphatic imine (C=N–C) groups is 1. The largest absolute Gasteiger partial charge is 0.497 e. The number of thioether (sulfide) groups is 1. The van der Waals surface area contributed by atoms with E-state index in [9.17, 15) is 9.59 Å². The van der Waals surface area contributed by atoms with Gasteiger partial charge >= 0.3 is 0 Å². The van der Waals surface area contributed by atoms with E-state index in [1.54, 1.807) is 72.7 Å². The number of methoxy groups -OCH3 is 1. The molecule has 0 saturated carbocycles. The number of hydrogen-bond acceptors (Lipinski definition) is 6. The number of anilines is 1. The van der Waals surface area contributed by atoms with E-state index in [0.29, 0.717) is 40.5 Å². The maximum atomic E-state index is 13.2. The van der Waals surface area contributed by atoms with Crippen molar-refractivity contribution in [3.05, 3.63) is 83.4 Å². The van der Waals surface area contributed by atoms with Crippen LogP contribution in [0, 0.1) is 0 Å². The van der Waals surface area contributed by atoms with E-state index in [1.165, 1.54) is 11.8 Å². The first kappa shape index (κ1) is 25.6. The number of carbonyl (C=O) groups is 2. The number of hydrogen-bond donors (Lipinski definition) is 1. The van der Waals surface area contributed by atoms with E-state index in [-0.39, 0.29) is 18.2 Å². The summed E-state index contributed by atoms with van der Waals surface area (Å²) < 4.78 is 10.7. The molecule has 7 nitrogen and oxygen atoms in total. The van der Waals surface area contributed by atoms with E-state index in [1.807, 2.05) is 19.1 Å². The normalized spacial score (nSPS) is 16.6. The minimum Gasteiger partial charge on any atom is -0.497 e. The van der Waals surface area contributed by atoms with Crippen LogP contribution in [0.1, 0.15) is 18.9 Å². The number of halogens is 1. The van der Waals surface area contributed by atoms with Crippen molar-refractivity contribution in [2.75, 3.05) is 19.0 Å². The standard InChI is InChI=1S/C27H26ClN3O4S/c1-3-35-23-14-10-20(11-15-23)29-26(33)24-16-25(32)31(17-18-4-6-19(28)7-5-18)27(36-24)30-21-8-12-22(34-2)13-9-21/h4-15,24H,3,16-17H2,1-2H3,(H,29,33). The predicted octanol–water partition coefficient (Wildman–Crippen LogP) is 5.91. The van der Waals surface area contributed by atoms with Crippen LogP contribution in [0.2, 0.25) is 5.02 Å². The zero-order chi connectivity index (χ0) is 25.5. The summed E-state index contributed by atoms with van der Waals surface area (Å²) in [4.78, 5) is 32.7. The zero-order valence-corrected chi connectivity index (χ0v) is 21.5. The van der Waals surface area contributed by atoms with Crippen LogP contribution in [0.15, 0.2) is 77.8 Å². The lowest BCUT2D eigenvalue weighted by molar-refractivity contribution is -0.129. The number of carbonyl (C=O) groups excluding carboxylic acids is 2. The minimum absolute atomic E-state index is 0.0583. The van der Waals surface area contributed by atoms with Gasteiger partial charge in [-0.25, -0.2) is 4.99 Å². The van der Waals surface area contributed by atoms with Gasteiger partial charge in [0.2, 0.25) is 11.8 Å². The Morgan fingerprint density at radius 1 is 1.06 bits per heavy atom. The summed E-state index contributed by atoms with van der Waals surface area (Å²) in [5.74, 6) is 0.996. The first-order valence-electron chi connectivity index (χ1n) is 11.4. The van der Waals surface area contributed by atoms with Crippen LogP contribution in [0.5, 0.6) is 11.5 Å². The molecule has 9 heteroatoms. The molecule has 3 aromatic carbocycles. The van der Waals surface area contributed by atoms with Gasteiger partial charge in [-0.15, -0.1) is 0 Å². The molecule has 1 atom stereocenters. The Morgan fingerprint density at radius 2 is 1.72 bits per heavy atom. The van der Waals surface area contributed by atoms with Gasteiger partial charge in [-0.1, -0.05) is 35.5 Å². The summed E-state index contributed by atoms with van der Waals surface area (Å²) in [5, 5.41) is 3.36. The number of ether oxygens (including phenoxy) is 2. The van der Waals surface area contributed by atoms with Gasteiger partial charge in [-0.3, -0.25) is 14.5 Å². The van der Waals surface area contributed by atoms with E-state index in [4.69, 9.17) is 26.1 Å². The van der Waals surface area contributed by atoms with Gasteiger partial charge in [0.05, 0.1) is 25.9 Å². The highest BCUT2D eigenvalue weighted by Crippen LogP contribution is 2.32. The molecular formula is C27H26ClN3O4S. The summed E-state index contributed by atoms with van der Waals surface area (Å²) in [5.41, 5.74) is 2.20. The lowest BCUT2D eigenvalue weighted by atomic mass is 10.2. The molecule has 0 spiro atoms. The number of amides is 2. The molecule has 1 aliphatic heterocycles. The van der Waals surface area contributed by atoms with Crippen LogP contribution in [-0.2, 0) is 16.1 Å². The van der Waals surface area contributed by atoms with Crippen LogP contribution >= 0.6 is 23.4 Å². The fourth-order valence-corrected chi connectivity index (χ4v) is 4.78. The van der Waals surface area contributed by atoms with Crippen molar-refractivity contribution in [3.63, 3.8) is 0 Å². The van der Waals surface area contributed by atoms with Gasteiger partial charge < -0.3 is 14.8 Å². The van der Waals surface area contributed by atoms with Gasteiger partial charge in [-0.2, -0.15) is 0 Å². The summed E-state index contributed by atoms with van der Waals surface area (Å²) in [6.07, 6.45) is 0.0583. The summed E-state index contributed by atoms with van der Waals surface area (Å²) in [7, 11) is 1.60. The highest BCUT2D eigenvalue weighted by atomic mass is 35.5. The molecule has 1 aliphatic rings. The molecule has 186 valence electrons. The van der Waals surface area contributed by atoms with Crippen LogP contribution in [0.4, 0.5) is 11.4 Å². The lowest BCUT2D eigenvalue weighted by Crippen LogP contribution is -2.44. The third kappa shape index (κ3) is 6.59. The topological polar surface area (TPSA) is 80.2 Å². The first-order chi connectivity index (χ1) is 17.4. The maximum absolute atomic E-state index is 13.2. The number of benzene rings is 3. The second-order valence-electron chi connectivity index (χ2n) is 7.96. The second kappa shape index (κ2) is 12.0. The minimum atomic E-state index is -0.623. The fraction of sp³-hybridized carbons (Fsp3) is 0.222. The lowest BCUT2D eigenvalue weighted by Gasteiger charge is -2.32. The highest BCUT2D eigenvalue weighted by molar-refractivity contribution is 8.15. The molecule has 0 radical (unpaired) electrons. The van der Waals surface area contributed by atoms with E-state index < -0.39 is 5.25 Å². The third-order valence-corrected chi connectivity index (χ3v) is 6.86. The van der Waals surface area contributed by atoms with Crippen LogP contribution < -0.4 is 14.8 Å². The van der Waals surface area contributed by atoms with Gasteiger partial charge in [0, 0.05) is 17.1 Å². The third-order valence-electron chi connectivity index (χ3n) is 5.42.